The number of methoxy groups -OCH3 is 1. The van der Waals surface area contributed by atoms with E-state index in [1.807, 2.05) is 12.1 Å². The maximum atomic E-state index is 6.21. The monoisotopic (exact) mass is 317 g/mol. The van der Waals surface area contributed by atoms with Gasteiger partial charge in [-0.25, -0.2) is 0 Å². The van der Waals surface area contributed by atoms with Crippen molar-refractivity contribution in [1.29, 1.82) is 0 Å². The van der Waals surface area contributed by atoms with Gasteiger partial charge in [0.15, 0.2) is 0 Å². The minimum atomic E-state index is 0.697. The highest BCUT2D eigenvalue weighted by Crippen LogP contribution is 2.24. The summed E-state index contributed by atoms with van der Waals surface area (Å²) in [5, 5.41) is 0.697. The van der Waals surface area contributed by atoms with Crippen LogP contribution in [0.15, 0.2) is 48.5 Å². The Morgan fingerprint density at radius 1 is 1.09 bits per heavy atom. The second-order valence-electron chi connectivity index (χ2n) is 5.72. The summed E-state index contributed by atoms with van der Waals surface area (Å²) in [6.07, 6.45) is 0. The third kappa shape index (κ3) is 3.54. The van der Waals surface area contributed by atoms with Gasteiger partial charge in [-0.05, 0) is 30.3 Å². The molecule has 1 N–H and O–H groups in total. The number of para-hydroxylation sites is 1. The van der Waals surface area contributed by atoms with Crippen LogP contribution in [-0.2, 0) is 6.54 Å². The molecule has 0 radical (unpaired) electrons. The summed E-state index contributed by atoms with van der Waals surface area (Å²) >= 11 is 6.21. The van der Waals surface area contributed by atoms with E-state index in [-0.39, 0.29) is 0 Å². The Labute approximate surface area is 137 Å². The Kier molecular flexibility index (Phi) is 4.86. The Morgan fingerprint density at radius 3 is 2.45 bits per heavy atom. The second-order valence-corrected chi connectivity index (χ2v) is 6.13. The molecule has 3 nitrogen and oxygen atoms in total. The van der Waals surface area contributed by atoms with Crippen molar-refractivity contribution >= 4 is 17.3 Å². The van der Waals surface area contributed by atoms with Gasteiger partial charge in [-0.1, -0.05) is 29.8 Å². The topological polar surface area (TPSA) is 16.9 Å². The molecule has 1 saturated heterocycles. The first-order chi connectivity index (χ1) is 10.8. The maximum Gasteiger partial charge on any atom is 0.137 e. The zero-order chi connectivity index (χ0) is 15.4. The third-order valence-electron chi connectivity index (χ3n) is 4.26. The Bertz CT molecular complexity index is 610. The minimum Gasteiger partial charge on any atom is -0.495 e. The Morgan fingerprint density at radius 2 is 1.82 bits per heavy atom. The number of quaternary nitrogens is 1. The number of nitrogens with one attached hydrogen (secondary N) is 1. The quantitative estimate of drug-likeness (QED) is 0.931. The first kappa shape index (κ1) is 15.2. The lowest BCUT2D eigenvalue weighted by molar-refractivity contribution is -0.914. The van der Waals surface area contributed by atoms with Gasteiger partial charge in [0.05, 0.1) is 38.3 Å². The van der Waals surface area contributed by atoms with E-state index in [1.54, 1.807) is 12.0 Å². The summed E-state index contributed by atoms with van der Waals surface area (Å²) < 4.78 is 5.21. The third-order valence-corrected chi connectivity index (χ3v) is 4.56. The normalized spacial score (nSPS) is 15.8. The fraction of sp³-hybridized carbons (Fsp3) is 0.333. The van der Waals surface area contributed by atoms with Gasteiger partial charge >= 0.3 is 0 Å². The number of anilines is 1. The van der Waals surface area contributed by atoms with Crippen molar-refractivity contribution in [2.75, 3.05) is 38.2 Å². The average Bonchev–Trinajstić information content (AvgIpc) is 2.57. The molecule has 1 heterocycles. The molecule has 0 saturated carbocycles. The van der Waals surface area contributed by atoms with Gasteiger partial charge in [0.2, 0.25) is 0 Å². The highest BCUT2D eigenvalue weighted by atomic mass is 35.5. The van der Waals surface area contributed by atoms with Crippen LogP contribution in [0.4, 0.5) is 5.69 Å². The number of ether oxygens (including phenoxy) is 1. The molecule has 0 aromatic heterocycles. The first-order valence-corrected chi connectivity index (χ1v) is 8.10. The number of hydrogen-bond donors (Lipinski definition) is 1. The predicted molar refractivity (Wildman–Crippen MR) is 91.1 cm³/mol. The maximum absolute atomic E-state index is 6.21. The van der Waals surface area contributed by atoms with Gasteiger partial charge in [-0.2, -0.15) is 0 Å². The van der Waals surface area contributed by atoms with Gasteiger partial charge in [0.1, 0.15) is 12.3 Å². The highest BCUT2D eigenvalue weighted by molar-refractivity contribution is 6.32. The van der Waals surface area contributed by atoms with Gasteiger partial charge in [-0.15, -0.1) is 0 Å². The van der Waals surface area contributed by atoms with E-state index in [0.29, 0.717) is 5.02 Å². The number of hydrogen-bond acceptors (Lipinski definition) is 2. The summed E-state index contributed by atoms with van der Waals surface area (Å²) in [4.78, 5) is 4.07. The van der Waals surface area contributed by atoms with Crippen LogP contribution in [0.3, 0.4) is 0 Å². The Hall–Kier alpha value is -1.71. The van der Waals surface area contributed by atoms with Crippen LogP contribution in [0.2, 0.25) is 5.02 Å². The van der Waals surface area contributed by atoms with Crippen molar-refractivity contribution < 1.29 is 9.64 Å². The zero-order valence-corrected chi connectivity index (χ0v) is 13.6. The second kappa shape index (κ2) is 7.03. The van der Waals surface area contributed by atoms with Crippen molar-refractivity contribution in [3.63, 3.8) is 0 Å². The number of nitrogens with zero attached hydrogens (tertiary/aromatic N) is 1. The standard InChI is InChI=1S/C18H21ClN2O/c1-22-18-8-7-15(13-17(18)19)14-20-9-11-21(12-10-20)16-5-3-2-4-6-16/h2-8,13H,9-12,14H2,1H3/p+1. The molecule has 3 rings (SSSR count). The van der Waals surface area contributed by atoms with Crippen LogP contribution < -0.4 is 14.5 Å². The van der Waals surface area contributed by atoms with E-state index in [9.17, 15) is 0 Å². The van der Waals surface area contributed by atoms with Gasteiger partial charge in [0.25, 0.3) is 0 Å². The van der Waals surface area contributed by atoms with E-state index >= 15 is 0 Å². The number of piperazine rings is 1. The van der Waals surface area contributed by atoms with E-state index in [1.165, 1.54) is 11.3 Å². The molecule has 1 aliphatic rings. The van der Waals surface area contributed by atoms with Crippen LogP contribution >= 0.6 is 11.6 Å². The Balaban J connectivity index is 1.57. The van der Waals surface area contributed by atoms with Crippen molar-refractivity contribution in [2.45, 2.75) is 6.54 Å². The summed E-state index contributed by atoms with van der Waals surface area (Å²) in [6.45, 7) is 5.52. The summed E-state index contributed by atoms with van der Waals surface area (Å²) in [6, 6.07) is 16.7. The number of benzene rings is 2. The van der Waals surface area contributed by atoms with Crippen LogP contribution in [0.1, 0.15) is 5.56 Å². The molecule has 0 amide bonds. The van der Waals surface area contributed by atoms with Crippen molar-refractivity contribution in [1.82, 2.24) is 0 Å². The summed E-state index contributed by atoms with van der Waals surface area (Å²) in [5.74, 6) is 0.745. The van der Waals surface area contributed by atoms with Gasteiger partial charge in [-0.3, -0.25) is 0 Å². The van der Waals surface area contributed by atoms with Crippen LogP contribution in [0.25, 0.3) is 0 Å². The highest BCUT2D eigenvalue weighted by Gasteiger charge is 2.20. The summed E-state index contributed by atoms with van der Waals surface area (Å²) in [5.41, 5.74) is 2.60. The molecule has 0 unspecified atom stereocenters. The van der Waals surface area contributed by atoms with Crippen molar-refractivity contribution in [2.24, 2.45) is 0 Å². The molecule has 0 bridgehead atoms. The van der Waals surface area contributed by atoms with Crippen LogP contribution in [0.5, 0.6) is 5.75 Å². The predicted octanol–water partition coefficient (Wildman–Crippen LogP) is 2.25. The first-order valence-electron chi connectivity index (χ1n) is 7.72. The molecule has 4 heteroatoms. The lowest BCUT2D eigenvalue weighted by atomic mass is 10.2. The fourth-order valence-electron chi connectivity index (χ4n) is 3.01. The van der Waals surface area contributed by atoms with Crippen LogP contribution in [0, 0.1) is 0 Å². The van der Waals surface area contributed by atoms with Crippen molar-refractivity contribution in [3.05, 3.63) is 59.1 Å². The fourth-order valence-corrected chi connectivity index (χ4v) is 3.29. The molecule has 22 heavy (non-hydrogen) atoms. The lowest BCUT2D eigenvalue weighted by Gasteiger charge is -2.33. The van der Waals surface area contributed by atoms with Gasteiger partial charge < -0.3 is 14.5 Å². The smallest absolute Gasteiger partial charge is 0.137 e. The van der Waals surface area contributed by atoms with E-state index in [4.69, 9.17) is 16.3 Å². The minimum absolute atomic E-state index is 0.697. The summed E-state index contributed by atoms with van der Waals surface area (Å²) in [7, 11) is 1.65. The molecule has 116 valence electrons. The van der Waals surface area contributed by atoms with E-state index in [2.05, 4.69) is 41.3 Å². The molecule has 2 aromatic rings. The lowest BCUT2D eigenvalue weighted by Crippen LogP contribution is -3.13. The SMILES string of the molecule is COc1ccc(C[NH+]2CCN(c3ccccc3)CC2)cc1Cl. The molecule has 0 aliphatic carbocycles. The van der Waals surface area contributed by atoms with Gasteiger partial charge in [0, 0.05) is 11.3 Å². The molecule has 2 aromatic carbocycles. The molecular weight excluding hydrogens is 296 g/mol. The van der Waals surface area contributed by atoms with Crippen molar-refractivity contribution in [3.8, 4) is 5.75 Å². The van der Waals surface area contributed by atoms with Crippen LogP contribution in [-0.4, -0.2) is 33.3 Å². The molecule has 0 spiro atoms. The molecular formula is C18H22ClN2O+. The molecule has 1 aliphatic heterocycles. The number of rotatable bonds is 4. The average molecular weight is 318 g/mol. The number of halogens is 1. The molecule has 0 atom stereocenters. The van der Waals surface area contributed by atoms with E-state index in [0.717, 1.165) is 38.5 Å². The largest absolute Gasteiger partial charge is 0.495 e. The van der Waals surface area contributed by atoms with E-state index < -0.39 is 0 Å². The molecule has 1 fully saturated rings. The zero-order valence-electron chi connectivity index (χ0n) is 12.9.